The van der Waals surface area contributed by atoms with Crippen molar-refractivity contribution in [2.75, 3.05) is 7.05 Å². The van der Waals surface area contributed by atoms with Crippen molar-refractivity contribution in [3.63, 3.8) is 0 Å². The number of halogens is 1. The Morgan fingerprint density at radius 3 is 2.88 bits per heavy atom. The second kappa shape index (κ2) is 3.37. The smallest absolute Gasteiger partial charge is 0.272 e. The van der Waals surface area contributed by atoms with Crippen molar-refractivity contribution in [2.45, 2.75) is 6.17 Å². The summed E-state index contributed by atoms with van der Waals surface area (Å²) in [6.45, 7) is 3.79. The van der Waals surface area contributed by atoms with Gasteiger partial charge in [0.25, 0.3) is 5.91 Å². The molecule has 0 radical (unpaired) electrons. The summed E-state index contributed by atoms with van der Waals surface area (Å²) in [5, 5.41) is 1.67. The lowest BCUT2D eigenvalue weighted by atomic mass is 10.2. The SMILES string of the molecule is C=CC1N(C)C(=O)c2cc3cc(Cl)ccc3n21. The first-order chi connectivity index (χ1) is 8.13. The largest absolute Gasteiger partial charge is 0.316 e. The van der Waals surface area contributed by atoms with Gasteiger partial charge in [-0.15, -0.1) is 0 Å². The van der Waals surface area contributed by atoms with Crippen LogP contribution < -0.4 is 0 Å². The van der Waals surface area contributed by atoms with E-state index in [2.05, 4.69) is 6.58 Å². The summed E-state index contributed by atoms with van der Waals surface area (Å²) in [6.07, 6.45) is 1.65. The second-order valence-electron chi connectivity index (χ2n) is 4.17. The van der Waals surface area contributed by atoms with Gasteiger partial charge < -0.3 is 9.47 Å². The molecule has 2 heterocycles. The predicted molar refractivity (Wildman–Crippen MR) is 68.3 cm³/mol. The Balaban J connectivity index is 2.35. The van der Waals surface area contributed by atoms with E-state index in [4.69, 9.17) is 11.6 Å². The lowest BCUT2D eigenvalue weighted by Gasteiger charge is -2.18. The van der Waals surface area contributed by atoms with Gasteiger partial charge in [0.05, 0.1) is 5.52 Å². The third-order valence-electron chi connectivity index (χ3n) is 3.21. The molecule has 0 saturated carbocycles. The molecular weight excluding hydrogens is 236 g/mol. The fraction of sp³-hybridized carbons (Fsp3) is 0.154. The second-order valence-corrected chi connectivity index (χ2v) is 4.60. The molecule has 1 unspecified atom stereocenters. The number of hydrogen-bond acceptors (Lipinski definition) is 1. The minimum Gasteiger partial charge on any atom is -0.316 e. The summed E-state index contributed by atoms with van der Waals surface area (Å²) in [5.41, 5.74) is 1.70. The number of benzene rings is 1. The number of fused-ring (bicyclic) bond motifs is 3. The van der Waals surface area contributed by atoms with Crippen molar-refractivity contribution in [1.29, 1.82) is 0 Å². The van der Waals surface area contributed by atoms with E-state index in [9.17, 15) is 4.79 Å². The van der Waals surface area contributed by atoms with E-state index in [0.29, 0.717) is 10.7 Å². The van der Waals surface area contributed by atoms with Crippen LogP contribution in [-0.4, -0.2) is 22.4 Å². The van der Waals surface area contributed by atoms with Gasteiger partial charge in [0.2, 0.25) is 0 Å². The van der Waals surface area contributed by atoms with Gasteiger partial charge >= 0.3 is 0 Å². The van der Waals surface area contributed by atoms with Gasteiger partial charge in [0.1, 0.15) is 11.9 Å². The average molecular weight is 247 g/mol. The molecule has 0 N–H and O–H groups in total. The van der Waals surface area contributed by atoms with Gasteiger partial charge in [0.15, 0.2) is 0 Å². The van der Waals surface area contributed by atoms with Gasteiger partial charge in [-0.25, -0.2) is 0 Å². The highest BCUT2D eigenvalue weighted by Crippen LogP contribution is 2.34. The monoisotopic (exact) mass is 246 g/mol. The first-order valence-corrected chi connectivity index (χ1v) is 5.71. The van der Waals surface area contributed by atoms with Crippen LogP contribution >= 0.6 is 11.6 Å². The van der Waals surface area contributed by atoms with E-state index in [-0.39, 0.29) is 12.1 Å². The molecule has 1 aromatic carbocycles. The van der Waals surface area contributed by atoms with Crippen LogP contribution in [-0.2, 0) is 0 Å². The molecule has 1 aliphatic heterocycles. The van der Waals surface area contributed by atoms with Crippen molar-refractivity contribution in [3.05, 3.63) is 47.6 Å². The molecule has 0 fully saturated rings. The Morgan fingerprint density at radius 2 is 2.18 bits per heavy atom. The maximum Gasteiger partial charge on any atom is 0.272 e. The molecule has 3 rings (SSSR count). The van der Waals surface area contributed by atoms with Crippen LogP contribution in [0.25, 0.3) is 10.9 Å². The quantitative estimate of drug-likeness (QED) is 0.710. The summed E-state index contributed by atoms with van der Waals surface area (Å²) in [4.78, 5) is 13.7. The van der Waals surface area contributed by atoms with Crippen molar-refractivity contribution in [1.82, 2.24) is 9.47 Å². The number of carbonyl (C=O) groups is 1. The Bertz CT molecular complexity index is 644. The molecule has 1 atom stereocenters. The van der Waals surface area contributed by atoms with Crippen molar-refractivity contribution in [2.24, 2.45) is 0 Å². The topological polar surface area (TPSA) is 25.2 Å². The van der Waals surface area contributed by atoms with Crippen LogP contribution in [0.3, 0.4) is 0 Å². The molecule has 2 aromatic rings. The Labute approximate surface area is 104 Å². The molecule has 86 valence electrons. The van der Waals surface area contributed by atoms with E-state index >= 15 is 0 Å². The molecule has 1 amide bonds. The zero-order chi connectivity index (χ0) is 12.2. The minimum absolute atomic E-state index is 0.0159. The summed E-state index contributed by atoms with van der Waals surface area (Å²) in [6, 6.07) is 7.52. The lowest BCUT2D eigenvalue weighted by Crippen LogP contribution is -2.23. The lowest BCUT2D eigenvalue weighted by molar-refractivity contribution is 0.0787. The van der Waals surface area contributed by atoms with E-state index < -0.39 is 0 Å². The van der Waals surface area contributed by atoms with Gasteiger partial charge in [-0.1, -0.05) is 18.2 Å². The van der Waals surface area contributed by atoms with Crippen LogP contribution in [0.2, 0.25) is 5.02 Å². The number of carbonyl (C=O) groups excluding carboxylic acids is 1. The molecule has 3 nitrogen and oxygen atoms in total. The number of aromatic nitrogens is 1. The van der Waals surface area contributed by atoms with E-state index in [1.807, 2.05) is 28.8 Å². The molecule has 1 aliphatic rings. The van der Waals surface area contributed by atoms with Crippen LogP contribution in [0.1, 0.15) is 16.7 Å². The predicted octanol–water partition coefficient (Wildman–Crippen LogP) is 3.06. The molecule has 0 bridgehead atoms. The molecule has 0 saturated heterocycles. The normalized spacial score (nSPS) is 18.8. The number of likely N-dealkylation sites (N-methyl/N-ethyl adjacent to an activating group) is 1. The first kappa shape index (κ1) is 10.4. The third-order valence-corrected chi connectivity index (χ3v) is 3.45. The summed E-state index contributed by atoms with van der Waals surface area (Å²) < 4.78 is 1.99. The third kappa shape index (κ3) is 1.26. The molecule has 0 spiro atoms. The Morgan fingerprint density at radius 1 is 1.41 bits per heavy atom. The fourth-order valence-corrected chi connectivity index (χ4v) is 2.57. The van der Waals surface area contributed by atoms with E-state index in [1.165, 1.54) is 0 Å². The van der Waals surface area contributed by atoms with E-state index in [0.717, 1.165) is 10.9 Å². The first-order valence-electron chi connectivity index (χ1n) is 5.33. The van der Waals surface area contributed by atoms with E-state index in [1.54, 1.807) is 18.0 Å². The number of amides is 1. The van der Waals surface area contributed by atoms with Crippen LogP contribution in [0.15, 0.2) is 36.9 Å². The average Bonchev–Trinajstić information content (AvgIpc) is 2.77. The van der Waals surface area contributed by atoms with Crippen LogP contribution in [0, 0.1) is 0 Å². The van der Waals surface area contributed by atoms with Gasteiger partial charge in [-0.05, 0) is 30.3 Å². The summed E-state index contributed by atoms with van der Waals surface area (Å²) >= 11 is 5.95. The molecule has 0 aliphatic carbocycles. The van der Waals surface area contributed by atoms with Crippen molar-refractivity contribution in [3.8, 4) is 0 Å². The molecule has 4 heteroatoms. The molecular formula is C13H11ClN2O. The minimum atomic E-state index is -0.115. The highest BCUT2D eigenvalue weighted by atomic mass is 35.5. The number of nitrogens with zero attached hydrogens (tertiary/aromatic N) is 2. The van der Waals surface area contributed by atoms with Gasteiger partial charge in [-0.3, -0.25) is 4.79 Å². The van der Waals surface area contributed by atoms with Gasteiger partial charge in [-0.2, -0.15) is 0 Å². The standard InChI is InChI=1S/C13H11ClN2O/c1-3-12-15(2)13(17)11-7-8-6-9(14)4-5-10(8)16(11)12/h3-7,12H,1H2,2H3. The van der Waals surface area contributed by atoms with Gasteiger partial charge in [0, 0.05) is 17.5 Å². The Hall–Kier alpha value is -1.74. The molecule has 17 heavy (non-hydrogen) atoms. The Kier molecular flexibility index (Phi) is 2.07. The van der Waals surface area contributed by atoms with Crippen LogP contribution in [0.5, 0.6) is 0 Å². The number of hydrogen-bond donors (Lipinski definition) is 0. The zero-order valence-corrected chi connectivity index (χ0v) is 10.1. The maximum atomic E-state index is 12.0. The maximum absolute atomic E-state index is 12.0. The number of rotatable bonds is 1. The fourth-order valence-electron chi connectivity index (χ4n) is 2.39. The summed E-state index contributed by atoms with van der Waals surface area (Å²) in [5.74, 6) is 0.0159. The zero-order valence-electron chi connectivity index (χ0n) is 9.35. The summed E-state index contributed by atoms with van der Waals surface area (Å²) in [7, 11) is 1.78. The molecule has 1 aromatic heterocycles. The van der Waals surface area contributed by atoms with Crippen LogP contribution in [0.4, 0.5) is 0 Å². The van der Waals surface area contributed by atoms with Crippen molar-refractivity contribution >= 4 is 28.4 Å². The van der Waals surface area contributed by atoms with Crippen molar-refractivity contribution < 1.29 is 4.79 Å². The highest BCUT2D eigenvalue weighted by molar-refractivity contribution is 6.31. The highest BCUT2D eigenvalue weighted by Gasteiger charge is 2.33.